The lowest BCUT2D eigenvalue weighted by atomic mass is 9.92. The van der Waals surface area contributed by atoms with Crippen molar-refractivity contribution in [3.63, 3.8) is 0 Å². The molecule has 168 valence electrons. The maximum atomic E-state index is 12.5. The molecular formula is C23H33N5O3. The first-order chi connectivity index (χ1) is 14.8. The van der Waals surface area contributed by atoms with E-state index in [1.807, 2.05) is 6.20 Å². The largest absolute Gasteiger partial charge is 0.415 e. The van der Waals surface area contributed by atoms with Crippen molar-refractivity contribution in [3.05, 3.63) is 48.0 Å². The third kappa shape index (κ3) is 7.40. The summed E-state index contributed by atoms with van der Waals surface area (Å²) in [6.45, 7) is 10.9. The molecule has 1 saturated heterocycles. The second kappa shape index (κ2) is 10.4. The van der Waals surface area contributed by atoms with Crippen molar-refractivity contribution < 1.29 is 14.3 Å². The monoisotopic (exact) mass is 427 g/mol. The van der Waals surface area contributed by atoms with E-state index >= 15 is 0 Å². The molecule has 2 amide bonds. The fourth-order valence-corrected chi connectivity index (χ4v) is 3.35. The van der Waals surface area contributed by atoms with Crippen LogP contribution < -0.4 is 10.1 Å². The minimum atomic E-state index is -0.352. The van der Waals surface area contributed by atoms with Crippen molar-refractivity contribution in [1.82, 2.24) is 25.1 Å². The van der Waals surface area contributed by atoms with E-state index in [1.165, 1.54) is 0 Å². The number of H-pyrrole nitrogens is 1. The maximum absolute atomic E-state index is 12.5. The zero-order chi connectivity index (χ0) is 22.3. The van der Waals surface area contributed by atoms with E-state index in [0.717, 1.165) is 38.2 Å². The molecular weight excluding hydrogens is 394 g/mol. The first-order valence-corrected chi connectivity index (χ1v) is 10.9. The Morgan fingerprint density at radius 3 is 2.45 bits per heavy atom. The molecule has 31 heavy (non-hydrogen) atoms. The molecule has 2 aromatic rings. The van der Waals surface area contributed by atoms with Crippen molar-refractivity contribution in [1.29, 1.82) is 0 Å². The van der Waals surface area contributed by atoms with Gasteiger partial charge in [-0.15, -0.1) is 0 Å². The highest BCUT2D eigenvalue weighted by Crippen LogP contribution is 2.18. The minimum absolute atomic E-state index is 0.118. The normalized spacial score (nSPS) is 15.0. The molecule has 0 radical (unpaired) electrons. The summed E-state index contributed by atoms with van der Waals surface area (Å²) in [7, 11) is 0. The third-order valence-electron chi connectivity index (χ3n) is 5.35. The van der Waals surface area contributed by atoms with E-state index < -0.39 is 0 Å². The second-order valence-corrected chi connectivity index (χ2v) is 9.10. The molecule has 0 aliphatic carbocycles. The summed E-state index contributed by atoms with van der Waals surface area (Å²) in [4.78, 5) is 35.9. The van der Waals surface area contributed by atoms with Crippen molar-refractivity contribution in [3.8, 4) is 5.75 Å². The van der Waals surface area contributed by atoms with Gasteiger partial charge in [0.25, 0.3) is 5.91 Å². The van der Waals surface area contributed by atoms with Gasteiger partial charge in [0.05, 0.1) is 12.0 Å². The van der Waals surface area contributed by atoms with Crippen LogP contribution in [0, 0.1) is 5.41 Å². The molecule has 0 spiro atoms. The van der Waals surface area contributed by atoms with E-state index in [2.05, 4.69) is 41.0 Å². The summed E-state index contributed by atoms with van der Waals surface area (Å²) in [5.74, 6) is 0.324. The molecule has 2 N–H and O–H groups in total. The number of amides is 2. The standard InChI is InChI=1S/C23H33N5O3/c1-23(2,3)9-10-25-21(29)18-4-6-20(7-5-18)31-22(30)28-14-12-27(13-15-28)11-8-19-16-24-17-26-19/h4-7,16-17H,8-15H2,1-3H3,(H,24,26)(H,25,29). The molecule has 1 aliphatic rings. The van der Waals surface area contributed by atoms with Gasteiger partial charge in [0.2, 0.25) is 0 Å². The Morgan fingerprint density at radius 2 is 1.84 bits per heavy atom. The van der Waals surface area contributed by atoms with Gasteiger partial charge in [-0.2, -0.15) is 0 Å². The predicted molar refractivity (Wildman–Crippen MR) is 119 cm³/mol. The van der Waals surface area contributed by atoms with Crippen LogP contribution in [-0.4, -0.2) is 71.0 Å². The van der Waals surface area contributed by atoms with Gasteiger partial charge in [0.1, 0.15) is 5.75 Å². The number of nitrogens with one attached hydrogen (secondary N) is 2. The van der Waals surface area contributed by atoms with Crippen molar-refractivity contribution in [2.45, 2.75) is 33.6 Å². The van der Waals surface area contributed by atoms with E-state index in [9.17, 15) is 9.59 Å². The molecule has 0 unspecified atom stereocenters. The second-order valence-electron chi connectivity index (χ2n) is 9.10. The number of aromatic nitrogens is 2. The van der Waals surface area contributed by atoms with Crippen molar-refractivity contribution >= 4 is 12.0 Å². The number of hydrogen-bond acceptors (Lipinski definition) is 5. The summed E-state index contributed by atoms with van der Waals surface area (Å²) in [5, 5.41) is 2.93. The Balaban J connectivity index is 1.40. The van der Waals surface area contributed by atoms with Crippen molar-refractivity contribution in [2.75, 3.05) is 39.3 Å². The van der Waals surface area contributed by atoms with Crippen LogP contribution in [-0.2, 0) is 6.42 Å². The lowest BCUT2D eigenvalue weighted by Crippen LogP contribution is -2.49. The molecule has 1 aliphatic heterocycles. The number of nitrogens with zero attached hydrogens (tertiary/aromatic N) is 3. The number of carbonyl (C=O) groups excluding carboxylic acids is 2. The fraction of sp³-hybridized carbons (Fsp3) is 0.522. The molecule has 8 nitrogen and oxygen atoms in total. The van der Waals surface area contributed by atoms with E-state index in [0.29, 0.717) is 30.9 Å². The molecule has 0 saturated carbocycles. The smallest absolute Gasteiger partial charge is 0.410 e. The molecule has 2 heterocycles. The first kappa shape index (κ1) is 22.8. The average Bonchev–Trinajstić information content (AvgIpc) is 3.26. The Hall–Kier alpha value is -2.87. The van der Waals surface area contributed by atoms with Gasteiger partial charge < -0.3 is 19.9 Å². The number of imidazole rings is 1. The van der Waals surface area contributed by atoms with E-state index in [-0.39, 0.29) is 17.4 Å². The van der Waals surface area contributed by atoms with Crippen LogP contribution in [0.15, 0.2) is 36.8 Å². The number of piperazine rings is 1. The summed E-state index contributed by atoms with van der Waals surface area (Å²) in [6.07, 6.45) is 5.05. The number of benzene rings is 1. The highest BCUT2D eigenvalue weighted by atomic mass is 16.6. The lowest BCUT2D eigenvalue weighted by Gasteiger charge is -2.33. The van der Waals surface area contributed by atoms with Crippen LogP contribution in [0.25, 0.3) is 0 Å². The van der Waals surface area contributed by atoms with Gasteiger partial charge in [0, 0.05) is 57.4 Å². The highest BCUT2D eigenvalue weighted by Gasteiger charge is 2.22. The van der Waals surface area contributed by atoms with Crippen LogP contribution >= 0.6 is 0 Å². The Kier molecular flexibility index (Phi) is 7.68. The van der Waals surface area contributed by atoms with Gasteiger partial charge in [-0.3, -0.25) is 9.69 Å². The molecule has 8 heteroatoms. The number of ether oxygens (including phenoxy) is 1. The van der Waals surface area contributed by atoms with Crippen LogP contribution in [0.1, 0.15) is 43.2 Å². The third-order valence-corrected chi connectivity index (χ3v) is 5.35. The molecule has 1 fully saturated rings. The molecule has 3 rings (SSSR count). The lowest BCUT2D eigenvalue weighted by molar-refractivity contribution is 0.0949. The van der Waals surface area contributed by atoms with Gasteiger partial charge in [-0.05, 0) is 36.1 Å². The summed E-state index contributed by atoms with van der Waals surface area (Å²) < 4.78 is 5.49. The van der Waals surface area contributed by atoms with E-state index in [4.69, 9.17) is 4.74 Å². The summed E-state index contributed by atoms with van der Waals surface area (Å²) in [5.41, 5.74) is 1.78. The predicted octanol–water partition coefficient (Wildman–Crippen LogP) is 2.93. The van der Waals surface area contributed by atoms with Crippen LogP contribution in [0.5, 0.6) is 5.75 Å². The Bertz CT molecular complexity index is 835. The zero-order valence-electron chi connectivity index (χ0n) is 18.7. The number of carbonyl (C=O) groups is 2. The Morgan fingerprint density at radius 1 is 1.13 bits per heavy atom. The first-order valence-electron chi connectivity index (χ1n) is 10.9. The zero-order valence-corrected chi connectivity index (χ0v) is 18.7. The number of hydrogen-bond donors (Lipinski definition) is 2. The average molecular weight is 428 g/mol. The van der Waals surface area contributed by atoms with Gasteiger partial charge in [-0.25, -0.2) is 9.78 Å². The minimum Gasteiger partial charge on any atom is -0.410 e. The number of aromatic amines is 1. The maximum Gasteiger partial charge on any atom is 0.415 e. The highest BCUT2D eigenvalue weighted by molar-refractivity contribution is 5.94. The molecule has 1 aromatic heterocycles. The van der Waals surface area contributed by atoms with Gasteiger partial charge in [0.15, 0.2) is 0 Å². The van der Waals surface area contributed by atoms with Crippen LogP contribution in [0.4, 0.5) is 4.79 Å². The van der Waals surface area contributed by atoms with Gasteiger partial charge >= 0.3 is 6.09 Å². The van der Waals surface area contributed by atoms with Crippen LogP contribution in [0.2, 0.25) is 0 Å². The molecule has 1 aromatic carbocycles. The molecule has 0 bridgehead atoms. The summed E-state index contributed by atoms with van der Waals surface area (Å²) in [6, 6.07) is 6.69. The SMILES string of the molecule is CC(C)(C)CCNC(=O)c1ccc(OC(=O)N2CCN(CCc3c[nH]cn3)CC2)cc1. The van der Waals surface area contributed by atoms with Crippen LogP contribution in [0.3, 0.4) is 0 Å². The van der Waals surface area contributed by atoms with Gasteiger partial charge in [-0.1, -0.05) is 20.8 Å². The molecule has 0 atom stereocenters. The Labute approximate surface area is 184 Å². The number of rotatable bonds is 7. The summed E-state index contributed by atoms with van der Waals surface area (Å²) >= 11 is 0. The topological polar surface area (TPSA) is 90.6 Å². The fourth-order valence-electron chi connectivity index (χ4n) is 3.35. The van der Waals surface area contributed by atoms with Crippen molar-refractivity contribution in [2.24, 2.45) is 5.41 Å². The quantitative estimate of drug-likeness (QED) is 0.709. The van der Waals surface area contributed by atoms with E-state index in [1.54, 1.807) is 35.5 Å².